The number of aryl methyl sites for hydroxylation is 1. The van der Waals surface area contributed by atoms with Crippen LogP contribution in [0.15, 0.2) is 36.4 Å². The Hall–Kier alpha value is -1.92. The largest absolute Gasteiger partial charge is 0.374 e. The molecule has 1 atom stereocenters. The quantitative estimate of drug-likeness (QED) is 0.885. The number of carbonyl (C=O) groups excluding carboxylic acids is 1. The van der Waals surface area contributed by atoms with E-state index in [1.54, 1.807) is 18.4 Å². The fourth-order valence-electron chi connectivity index (χ4n) is 1.82. The van der Waals surface area contributed by atoms with Gasteiger partial charge in [0, 0.05) is 22.6 Å². The Labute approximate surface area is 126 Å². The zero-order valence-corrected chi connectivity index (χ0v) is 12.7. The minimum Gasteiger partial charge on any atom is -0.374 e. The highest BCUT2D eigenvalue weighted by molar-refractivity contribution is 7.12. The van der Waals surface area contributed by atoms with Crippen LogP contribution in [0.1, 0.15) is 15.9 Å². The maximum atomic E-state index is 12.8. The number of methoxy groups -OCH3 is 1. The molecule has 2 N–H and O–H groups in total. The lowest BCUT2D eigenvalue weighted by Crippen LogP contribution is -2.32. The first-order valence-electron chi connectivity index (χ1n) is 6.48. The maximum Gasteiger partial charge on any atom is 0.319 e. The van der Waals surface area contributed by atoms with E-state index in [1.165, 1.54) is 29.1 Å². The van der Waals surface area contributed by atoms with Gasteiger partial charge in [-0.1, -0.05) is 0 Å². The highest BCUT2D eigenvalue weighted by atomic mass is 32.1. The van der Waals surface area contributed by atoms with Crippen LogP contribution in [0.2, 0.25) is 0 Å². The topological polar surface area (TPSA) is 50.4 Å². The van der Waals surface area contributed by atoms with E-state index >= 15 is 0 Å². The predicted octanol–water partition coefficient (Wildman–Crippen LogP) is 3.70. The second kappa shape index (κ2) is 7.19. The number of carbonyl (C=O) groups is 1. The molecule has 0 saturated heterocycles. The van der Waals surface area contributed by atoms with Crippen LogP contribution in [0.5, 0.6) is 0 Å². The molecule has 112 valence electrons. The van der Waals surface area contributed by atoms with E-state index in [-0.39, 0.29) is 18.0 Å². The summed E-state index contributed by atoms with van der Waals surface area (Å²) in [5.74, 6) is -0.339. The molecule has 1 heterocycles. The summed E-state index contributed by atoms with van der Waals surface area (Å²) in [6, 6.07) is 9.26. The minimum atomic E-state index is -0.350. The lowest BCUT2D eigenvalue weighted by Gasteiger charge is -2.15. The summed E-state index contributed by atoms with van der Waals surface area (Å²) in [5.41, 5.74) is 0.537. The van der Waals surface area contributed by atoms with E-state index in [9.17, 15) is 9.18 Å². The molecule has 0 bridgehead atoms. The monoisotopic (exact) mass is 308 g/mol. The van der Waals surface area contributed by atoms with Crippen LogP contribution < -0.4 is 10.6 Å². The number of rotatable bonds is 5. The van der Waals surface area contributed by atoms with Crippen LogP contribution in [0.25, 0.3) is 0 Å². The zero-order chi connectivity index (χ0) is 15.2. The van der Waals surface area contributed by atoms with Crippen LogP contribution in [0, 0.1) is 12.7 Å². The highest BCUT2D eigenvalue weighted by Crippen LogP contribution is 2.24. The van der Waals surface area contributed by atoms with Crippen molar-refractivity contribution in [1.29, 1.82) is 0 Å². The highest BCUT2D eigenvalue weighted by Gasteiger charge is 2.13. The van der Waals surface area contributed by atoms with Crippen molar-refractivity contribution in [3.8, 4) is 0 Å². The van der Waals surface area contributed by atoms with Crippen molar-refractivity contribution in [1.82, 2.24) is 5.32 Å². The summed E-state index contributed by atoms with van der Waals surface area (Å²) in [4.78, 5) is 14.0. The van der Waals surface area contributed by atoms with Gasteiger partial charge in [0.1, 0.15) is 11.9 Å². The van der Waals surface area contributed by atoms with Gasteiger partial charge < -0.3 is 15.4 Å². The number of ether oxygens (including phenoxy) is 1. The van der Waals surface area contributed by atoms with Crippen molar-refractivity contribution >= 4 is 23.1 Å². The Morgan fingerprint density at radius 1 is 1.29 bits per heavy atom. The van der Waals surface area contributed by atoms with Gasteiger partial charge in [-0.05, 0) is 43.3 Å². The number of nitrogens with one attached hydrogen (secondary N) is 2. The average molecular weight is 308 g/mol. The number of amides is 2. The molecule has 0 fully saturated rings. The van der Waals surface area contributed by atoms with Crippen molar-refractivity contribution in [3.63, 3.8) is 0 Å². The Bertz CT molecular complexity index is 598. The summed E-state index contributed by atoms with van der Waals surface area (Å²) in [6.45, 7) is 2.39. The Morgan fingerprint density at radius 3 is 2.57 bits per heavy atom. The Balaban J connectivity index is 1.86. The Morgan fingerprint density at radius 2 is 2.00 bits per heavy atom. The molecule has 0 saturated carbocycles. The number of anilines is 1. The van der Waals surface area contributed by atoms with E-state index in [0.29, 0.717) is 12.2 Å². The molecule has 1 unspecified atom stereocenters. The number of halogens is 1. The van der Waals surface area contributed by atoms with Crippen LogP contribution in [-0.4, -0.2) is 19.7 Å². The van der Waals surface area contributed by atoms with Gasteiger partial charge in [-0.25, -0.2) is 9.18 Å². The standard InChI is InChI=1S/C15H17FN2O2S/c1-10-3-8-14(21-10)13(20-2)9-17-15(19)18-12-6-4-11(16)5-7-12/h3-8,13H,9H2,1-2H3,(H2,17,18,19). The van der Waals surface area contributed by atoms with Crippen LogP contribution in [0.4, 0.5) is 14.9 Å². The summed E-state index contributed by atoms with van der Waals surface area (Å²) >= 11 is 1.64. The molecule has 1 aromatic heterocycles. The average Bonchev–Trinajstić information content (AvgIpc) is 2.89. The van der Waals surface area contributed by atoms with Crippen molar-refractivity contribution in [2.45, 2.75) is 13.0 Å². The summed E-state index contributed by atoms with van der Waals surface area (Å²) in [7, 11) is 1.61. The molecule has 2 amide bonds. The smallest absolute Gasteiger partial charge is 0.319 e. The number of hydrogen-bond donors (Lipinski definition) is 2. The lowest BCUT2D eigenvalue weighted by atomic mass is 10.3. The van der Waals surface area contributed by atoms with Crippen molar-refractivity contribution in [2.24, 2.45) is 0 Å². The molecule has 0 aliphatic carbocycles. The SMILES string of the molecule is COC(CNC(=O)Nc1ccc(F)cc1)c1ccc(C)s1. The van der Waals surface area contributed by atoms with Crippen LogP contribution in [0.3, 0.4) is 0 Å². The van der Waals surface area contributed by atoms with Crippen molar-refractivity contribution in [2.75, 3.05) is 19.0 Å². The van der Waals surface area contributed by atoms with E-state index in [2.05, 4.69) is 10.6 Å². The molecule has 0 aliphatic rings. The number of thiophene rings is 1. The third-order valence-electron chi connectivity index (χ3n) is 2.91. The third-order valence-corrected chi connectivity index (χ3v) is 4.01. The molecule has 0 aliphatic heterocycles. The predicted molar refractivity (Wildman–Crippen MR) is 82.2 cm³/mol. The van der Waals surface area contributed by atoms with Gasteiger partial charge in [0.05, 0.1) is 6.54 Å². The summed E-state index contributed by atoms with van der Waals surface area (Å²) in [5, 5.41) is 5.38. The second-order valence-electron chi connectivity index (χ2n) is 4.51. The molecule has 0 radical (unpaired) electrons. The molecular formula is C15H17FN2O2S. The van der Waals surface area contributed by atoms with Crippen LogP contribution in [-0.2, 0) is 4.74 Å². The number of urea groups is 1. The first kappa shape index (κ1) is 15.5. The van der Waals surface area contributed by atoms with Gasteiger partial charge in [0.25, 0.3) is 0 Å². The van der Waals surface area contributed by atoms with Crippen LogP contribution >= 0.6 is 11.3 Å². The first-order chi connectivity index (χ1) is 10.1. The molecule has 6 heteroatoms. The van der Waals surface area contributed by atoms with Gasteiger partial charge in [0.15, 0.2) is 0 Å². The van der Waals surface area contributed by atoms with Gasteiger partial charge >= 0.3 is 6.03 Å². The summed E-state index contributed by atoms with van der Waals surface area (Å²) < 4.78 is 18.2. The number of benzene rings is 1. The Kier molecular flexibility index (Phi) is 5.30. The maximum absolute atomic E-state index is 12.8. The van der Waals surface area contributed by atoms with Crippen molar-refractivity contribution < 1.29 is 13.9 Å². The normalized spacial score (nSPS) is 12.0. The van der Waals surface area contributed by atoms with E-state index < -0.39 is 0 Å². The van der Waals surface area contributed by atoms with Gasteiger partial charge in [0.2, 0.25) is 0 Å². The molecular weight excluding hydrogens is 291 g/mol. The van der Waals surface area contributed by atoms with E-state index in [4.69, 9.17) is 4.74 Å². The summed E-state index contributed by atoms with van der Waals surface area (Å²) in [6.07, 6.45) is -0.178. The number of hydrogen-bond acceptors (Lipinski definition) is 3. The van der Waals surface area contributed by atoms with E-state index in [1.807, 2.05) is 19.1 Å². The molecule has 21 heavy (non-hydrogen) atoms. The second-order valence-corrected chi connectivity index (χ2v) is 5.83. The first-order valence-corrected chi connectivity index (χ1v) is 7.29. The van der Waals surface area contributed by atoms with Gasteiger partial charge in [-0.2, -0.15) is 0 Å². The molecule has 1 aromatic carbocycles. The zero-order valence-electron chi connectivity index (χ0n) is 11.9. The fourth-order valence-corrected chi connectivity index (χ4v) is 2.78. The van der Waals surface area contributed by atoms with Gasteiger partial charge in [-0.15, -0.1) is 11.3 Å². The van der Waals surface area contributed by atoms with Crippen molar-refractivity contribution in [3.05, 3.63) is 52.0 Å². The third kappa shape index (κ3) is 4.54. The lowest BCUT2D eigenvalue weighted by molar-refractivity contribution is 0.107. The van der Waals surface area contributed by atoms with Gasteiger partial charge in [-0.3, -0.25) is 0 Å². The molecule has 4 nitrogen and oxygen atoms in total. The minimum absolute atomic E-state index is 0.178. The molecule has 2 rings (SSSR count). The van der Waals surface area contributed by atoms with E-state index in [0.717, 1.165) is 4.88 Å². The fraction of sp³-hybridized carbons (Fsp3) is 0.267. The molecule has 0 spiro atoms. The molecule has 2 aromatic rings.